The molecule has 2 saturated heterocycles. The standard InChI is InChI=1S/C13H22N2O2/c1-10(16)11-4-7-15(8-5-11)13(17)12-3-6-14(2)9-12/h11-12H,3-9H2,1-2H3/t12-/m1/s1. The van der Waals surface area contributed by atoms with Crippen LogP contribution in [0.5, 0.6) is 0 Å². The van der Waals surface area contributed by atoms with Crippen molar-refractivity contribution in [2.45, 2.75) is 26.2 Å². The average molecular weight is 238 g/mol. The topological polar surface area (TPSA) is 40.6 Å². The van der Waals surface area contributed by atoms with Gasteiger partial charge in [-0.1, -0.05) is 0 Å². The minimum absolute atomic E-state index is 0.185. The number of hydrogen-bond donors (Lipinski definition) is 0. The van der Waals surface area contributed by atoms with Crippen molar-refractivity contribution in [3.05, 3.63) is 0 Å². The van der Waals surface area contributed by atoms with Crippen LogP contribution in [0.4, 0.5) is 0 Å². The maximum atomic E-state index is 12.2. The van der Waals surface area contributed by atoms with Gasteiger partial charge in [0.15, 0.2) is 0 Å². The van der Waals surface area contributed by atoms with E-state index in [2.05, 4.69) is 11.9 Å². The molecule has 0 aromatic heterocycles. The second kappa shape index (κ2) is 5.17. The Hall–Kier alpha value is -0.900. The van der Waals surface area contributed by atoms with Gasteiger partial charge in [0.05, 0.1) is 5.92 Å². The van der Waals surface area contributed by atoms with E-state index in [0.717, 1.165) is 45.4 Å². The first kappa shape index (κ1) is 12.6. The monoisotopic (exact) mass is 238 g/mol. The van der Waals surface area contributed by atoms with Crippen molar-refractivity contribution < 1.29 is 9.59 Å². The number of piperidine rings is 1. The summed E-state index contributed by atoms with van der Waals surface area (Å²) >= 11 is 0. The number of amides is 1. The number of likely N-dealkylation sites (tertiary alicyclic amines) is 2. The van der Waals surface area contributed by atoms with Crippen LogP contribution in [0.3, 0.4) is 0 Å². The fraction of sp³-hybridized carbons (Fsp3) is 0.846. The van der Waals surface area contributed by atoms with E-state index in [0.29, 0.717) is 5.91 Å². The van der Waals surface area contributed by atoms with Gasteiger partial charge >= 0.3 is 0 Å². The lowest BCUT2D eigenvalue weighted by atomic mass is 9.92. The Bertz CT molecular complexity index is 309. The van der Waals surface area contributed by atoms with Crippen LogP contribution in [0, 0.1) is 11.8 Å². The van der Waals surface area contributed by atoms with Crippen molar-refractivity contribution >= 4 is 11.7 Å². The normalized spacial score (nSPS) is 27.4. The third kappa shape index (κ3) is 2.86. The largest absolute Gasteiger partial charge is 0.342 e. The average Bonchev–Trinajstić information content (AvgIpc) is 2.75. The second-order valence-electron chi connectivity index (χ2n) is 5.46. The number of ketones is 1. The highest BCUT2D eigenvalue weighted by Gasteiger charge is 2.32. The maximum absolute atomic E-state index is 12.2. The van der Waals surface area contributed by atoms with Gasteiger partial charge in [0.1, 0.15) is 5.78 Å². The highest BCUT2D eigenvalue weighted by molar-refractivity contribution is 5.81. The Kier molecular flexibility index (Phi) is 3.82. The van der Waals surface area contributed by atoms with Gasteiger partial charge < -0.3 is 9.80 Å². The van der Waals surface area contributed by atoms with E-state index in [4.69, 9.17) is 0 Å². The Morgan fingerprint density at radius 2 is 1.59 bits per heavy atom. The quantitative estimate of drug-likeness (QED) is 0.713. The molecule has 2 heterocycles. The van der Waals surface area contributed by atoms with Crippen molar-refractivity contribution in [2.75, 3.05) is 33.2 Å². The van der Waals surface area contributed by atoms with Gasteiger partial charge in [-0.3, -0.25) is 9.59 Å². The first-order valence-corrected chi connectivity index (χ1v) is 6.55. The van der Waals surface area contributed by atoms with Gasteiger partial charge in [-0.15, -0.1) is 0 Å². The fourth-order valence-corrected chi connectivity index (χ4v) is 2.90. The molecule has 4 nitrogen and oxygen atoms in total. The lowest BCUT2D eigenvalue weighted by Crippen LogP contribution is -2.43. The third-order valence-electron chi connectivity index (χ3n) is 4.12. The van der Waals surface area contributed by atoms with Crippen LogP contribution in [-0.4, -0.2) is 54.7 Å². The Morgan fingerprint density at radius 1 is 1.00 bits per heavy atom. The smallest absolute Gasteiger partial charge is 0.227 e. The summed E-state index contributed by atoms with van der Waals surface area (Å²) in [6, 6.07) is 0. The number of carbonyl (C=O) groups excluding carboxylic acids is 2. The molecule has 0 aromatic rings. The molecule has 0 bridgehead atoms. The predicted molar refractivity (Wildman–Crippen MR) is 65.6 cm³/mol. The van der Waals surface area contributed by atoms with E-state index in [1.54, 1.807) is 6.92 Å². The van der Waals surface area contributed by atoms with Crippen LogP contribution < -0.4 is 0 Å². The van der Waals surface area contributed by atoms with Crippen molar-refractivity contribution in [2.24, 2.45) is 11.8 Å². The minimum Gasteiger partial charge on any atom is -0.342 e. The lowest BCUT2D eigenvalue weighted by Gasteiger charge is -2.32. The molecule has 4 heteroatoms. The van der Waals surface area contributed by atoms with E-state index >= 15 is 0 Å². The summed E-state index contributed by atoms with van der Waals surface area (Å²) in [5, 5.41) is 0. The number of carbonyl (C=O) groups is 2. The summed E-state index contributed by atoms with van der Waals surface area (Å²) in [6.45, 7) is 5.12. The number of rotatable bonds is 2. The summed E-state index contributed by atoms with van der Waals surface area (Å²) in [5.41, 5.74) is 0. The van der Waals surface area contributed by atoms with E-state index in [9.17, 15) is 9.59 Å². The number of nitrogens with zero attached hydrogens (tertiary/aromatic N) is 2. The zero-order valence-electron chi connectivity index (χ0n) is 10.8. The summed E-state index contributed by atoms with van der Waals surface area (Å²) in [7, 11) is 2.06. The van der Waals surface area contributed by atoms with Crippen LogP contribution >= 0.6 is 0 Å². The molecule has 2 aliphatic heterocycles. The molecule has 0 saturated carbocycles. The molecule has 2 rings (SSSR count). The molecule has 17 heavy (non-hydrogen) atoms. The van der Waals surface area contributed by atoms with E-state index < -0.39 is 0 Å². The Labute approximate surface area is 103 Å². The summed E-state index contributed by atoms with van der Waals surface area (Å²) in [4.78, 5) is 27.7. The van der Waals surface area contributed by atoms with Crippen LogP contribution in [-0.2, 0) is 9.59 Å². The van der Waals surface area contributed by atoms with Gasteiger partial charge in [-0.2, -0.15) is 0 Å². The van der Waals surface area contributed by atoms with Crippen LogP contribution in [0.25, 0.3) is 0 Å². The first-order chi connectivity index (χ1) is 8.08. The molecule has 0 spiro atoms. The molecular weight excluding hydrogens is 216 g/mol. The summed E-state index contributed by atoms with van der Waals surface area (Å²) < 4.78 is 0. The summed E-state index contributed by atoms with van der Waals surface area (Å²) in [5.74, 6) is 0.952. The zero-order valence-corrected chi connectivity index (χ0v) is 10.8. The molecule has 1 atom stereocenters. The van der Waals surface area contributed by atoms with Crippen molar-refractivity contribution in [1.82, 2.24) is 9.80 Å². The zero-order chi connectivity index (χ0) is 12.4. The Balaban J connectivity index is 1.84. The molecule has 0 radical (unpaired) electrons. The number of hydrogen-bond acceptors (Lipinski definition) is 3. The third-order valence-corrected chi connectivity index (χ3v) is 4.12. The molecule has 1 amide bonds. The minimum atomic E-state index is 0.185. The predicted octanol–water partition coefficient (Wildman–Crippen LogP) is 0.766. The van der Waals surface area contributed by atoms with Crippen LogP contribution in [0.2, 0.25) is 0 Å². The van der Waals surface area contributed by atoms with E-state index in [1.165, 1.54) is 0 Å². The van der Waals surface area contributed by atoms with Gasteiger partial charge in [0.25, 0.3) is 0 Å². The van der Waals surface area contributed by atoms with Gasteiger partial charge in [0, 0.05) is 25.6 Å². The molecule has 0 unspecified atom stereocenters. The van der Waals surface area contributed by atoms with Crippen molar-refractivity contribution in [1.29, 1.82) is 0 Å². The Morgan fingerprint density at radius 3 is 2.06 bits per heavy atom. The number of Topliss-reactive ketones (excluding diaryl/α,β-unsaturated/α-hetero) is 1. The summed E-state index contributed by atoms with van der Waals surface area (Å²) in [6.07, 6.45) is 2.69. The molecule has 0 aromatic carbocycles. The van der Waals surface area contributed by atoms with Crippen molar-refractivity contribution in [3.63, 3.8) is 0 Å². The molecule has 2 aliphatic rings. The van der Waals surface area contributed by atoms with E-state index in [1.807, 2.05) is 4.90 Å². The van der Waals surface area contributed by atoms with Gasteiger partial charge in [-0.05, 0) is 39.8 Å². The molecule has 0 aliphatic carbocycles. The van der Waals surface area contributed by atoms with Crippen LogP contribution in [0.1, 0.15) is 26.2 Å². The molecule has 2 fully saturated rings. The van der Waals surface area contributed by atoms with Crippen molar-refractivity contribution in [3.8, 4) is 0 Å². The van der Waals surface area contributed by atoms with Gasteiger partial charge in [0.2, 0.25) is 5.91 Å². The second-order valence-corrected chi connectivity index (χ2v) is 5.46. The maximum Gasteiger partial charge on any atom is 0.227 e. The first-order valence-electron chi connectivity index (χ1n) is 6.55. The molecule has 0 N–H and O–H groups in total. The molecule has 96 valence electrons. The highest BCUT2D eigenvalue weighted by Crippen LogP contribution is 2.22. The van der Waals surface area contributed by atoms with Gasteiger partial charge in [-0.25, -0.2) is 0 Å². The van der Waals surface area contributed by atoms with E-state index in [-0.39, 0.29) is 17.6 Å². The highest BCUT2D eigenvalue weighted by atomic mass is 16.2. The fourth-order valence-electron chi connectivity index (χ4n) is 2.90. The SMILES string of the molecule is CC(=O)C1CCN(C(=O)[C@@H]2CCN(C)C2)CC1. The lowest BCUT2D eigenvalue weighted by molar-refractivity contribution is -0.138. The van der Waals surface area contributed by atoms with Crippen LogP contribution in [0.15, 0.2) is 0 Å². The molecular formula is C13H22N2O2.